The zero-order valence-corrected chi connectivity index (χ0v) is 12.1. The van der Waals surface area contributed by atoms with E-state index in [0.29, 0.717) is 16.5 Å². The van der Waals surface area contributed by atoms with Gasteiger partial charge in [0.25, 0.3) is 0 Å². The van der Waals surface area contributed by atoms with Gasteiger partial charge in [0.15, 0.2) is 5.16 Å². The minimum Gasteiger partial charge on any atom is -0.398 e. The van der Waals surface area contributed by atoms with Gasteiger partial charge in [0.1, 0.15) is 0 Å². The van der Waals surface area contributed by atoms with Crippen molar-refractivity contribution in [2.24, 2.45) is 0 Å². The standard InChI is InChI=1S/C15H12F3N3S/c16-15(17,18)10-5-3-4-9(13(10)19)8-22-14-20-11-6-1-2-7-12(11)21-14/h1-7H,8,19H2,(H,20,21). The van der Waals surface area contributed by atoms with Crippen molar-refractivity contribution in [2.75, 3.05) is 5.73 Å². The van der Waals surface area contributed by atoms with Gasteiger partial charge in [-0.2, -0.15) is 13.2 Å². The molecule has 3 N–H and O–H groups in total. The monoisotopic (exact) mass is 323 g/mol. The van der Waals surface area contributed by atoms with E-state index in [1.54, 1.807) is 6.07 Å². The summed E-state index contributed by atoms with van der Waals surface area (Å²) in [6, 6.07) is 11.5. The number of aromatic amines is 1. The number of thioether (sulfide) groups is 1. The molecule has 2 aromatic carbocycles. The van der Waals surface area contributed by atoms with Crippen LogP contribution in [0.25, 0.3) is 11.0 Å². The molecule has 0 radical (unpaired) electrons. The van der Waals surface area contributed by atoms with Crippen molar-refractivity contribution in [1.82, 2.24) is 9.97 Å². The molecule has 0 unspecified atom stereocenters. The van der Waals surface area contributed by atoms with Crippen molar-refractivity contribution < 1.29 is 13.2 Å². The van der Waals surface area contributed by atoms with Gasteiger partial charge in [-0.25, -0.2) is 4.98 Å². The third-order valence-corrected chi connectivity index (χ3v) is 4.16. The molecule has 0 aliphatic rings. The van der Waals surface area contributed by atoms with Gasteiger partial charge >= 0.3 is 6.18 Å². The zero-order valence-electron chi connectivity index (χ0n) is 11.3. The Balaban J connectivity index is 1.82. The number of fused-ring (bicyclic) bond motifs is 1. The summed E-state index contributed by atoms with van der Waals surface area (Å²) < 4.78 is 38.5. The van der Waals surface area contributed by atoms with Crippen molar-refractivity contribution in [3.8, 4) is 0 Å². The predicted octanol–water partition coefficient (Wildman–Crippen LogP) is 4.46. The smallest absolute Gasteiger partial charge is 0.398 e. The molecule has 0 saturated carbocycles. The molecular formula is C15H12F3N3S. The lowest BCUT2D eigenvalue weighted by Gasteiger charge is -2.12. The Labute approximate surface area is 128 Å². The molecule has 1 heterocycles. The molecule has 114 valence electrons. The SMILES string of the molecule is Nc1c(CSc2nc3ccccc3[nH]2)cccc1C(F)(F)F. The van der Waals surface area contributed by atoms with Crippen molar-refractivity contribution >= 4 is 28.5 Å². The first kappa shape index (κ1) is 14.8. The number of nitrogens with zero attached hydrogens (tertiary/aromatic N) is 1. The highest BCUT2D eigenvalue weighted by atomic mass is 32.2. The van der Waals surface area contributed by atoms with Crippen molar-refractivity contribution in [3.05, 3.63) is 53.6 Å². The van der Waals surface area contributed by atoms with Gasteiger partial charge in [-0.3, -0.25) is 0 Å². The number of aromatic nitrogens is 2. The molecule has 0 saturated heterocycles. The number of hydrogen-bond donors (Lipinski definition) is 2. The molecule has 0 bridgehead atoms. The molecule has 1 aromatic heterocycles. The van der Waals surface area contributed by atoms with Crippen LogP contribution in [0.4, 0.5) is 18.9 Å². The summed E-state index contributed by atoms with van der Waals surface area (Å²) in [5.74, 6) is 0.315. The molecule has 0 atom stereocenters. The molecule has 0 spiro atoms. The summed E-state index contributed by atoms with van der Waals surface area (Å²) in [6.07, 6.45) is -4.44. The minimum absolute atomic E-state index is 0.224. The van der Waals surface area contributed by atoms with E-state index in [9.17, 15) is 13.2 Å². The first-order valence-corrected chi connectivity index (χ1v) is 7.46. The van der Waals surface area contributed by atoms with Gasteiger partial charge in [-0.15, -0.1) is 0 Å². The number of rotatable bonds is 3. The summed E-state index contributed by atoms with van der Waals surface area (Å²) in [5, 5.41) is 0.651. The summed E-state index contributed by atoms with van der Waals surface area (Å²) in [7, 11) is 0. The quantitative estimate of drug-likeness (QED) is 0.553. The Morgan fingerprint density at radius 1 is 1.09 bits per heavy atom. The largest absolute Gasteiger partial charge is 0.418 e. The van der Waals surface area contributed by atoms with E-state index in [-0.39, 0.29) is 5.69 Å². The number of H-pyrrole nitrogens is 1. The number of hydrogen-bond acceptors (Lipinski definition) is 3. The zero-order chi connectivity index (χ0) is 15.7. The molecule has 3 aromatic rings. The number of benzene rings is 2. The molecule has 22 heavy (non-hydrogen) atoms. The highest BCUT2D eigenvalue weighted by molar-refractivity contribution is 7.98. The fraction of sp³-hybridized carbons (Fsp3) is 0.133. The molecule has 3 rings (SSSR count). The Morgan fingerprint density at radius 3 is 2.59 bits per heavy atom. The predicted molar refractivity (Wildman–Crippen MR) is 81.5 cm³/mol. The first-order chi connectivity index (χ1) is 10.4. The van der Waals surface area contributed by atoms with Gasteiger partial charge in [-0.1, -0.05) is 36.0 Å². The Morgan fingerprint density at radius 2 is 1.86 bits per heavy atom. The molecule has 0 aliphatic carbocycles. The number of para-hydroxylation sites is 3. The van der Waals surface area contributed by atoms with Gasteiger partial charge in [0.05, 0.1) is 16.6 Å². The maximum atomic E-state index is 12.8. The molecule has 7 heteroatoms. The van der Waals surface area contributed by atoms with E-state index in [2.05, 4.69) is 9.97 Å². The highest BCUT2D eigenvalue weighted by Crippen LogP contribution is 2.36. The molecular weight excluding hydrogens is 311 g/mol. The van der Waals surface area contributed by atoms with E-state index in [1.165, 1.54) is 17.8 Å². The van der Waals surface area contributed by atoms with Crippen LogP contribution < -0.4 is 5.73 Å². The Bertz CT molecular complexity index is 778. The fourth-order valence-corrected chi connectivity index (χ4v) is 3.02. The number of alkyl halides is 3. The second-order valence-electron chi connectivity index (χ2n) is 4.72. The van der Waals surface area contributed by atoms with Crippen molar-refractivity contribution in [1.29, 1.82) is 0 Å². The van der Waals surface area contributed by atoms with E-state index >= 15 is 0 Å². The average molecular weight is 323 g/mol. The van der Waals surface area contributed by atoms with E-state index in [1.807, 2.05) is 24.3 Å². The molecule has 3 nitrogen and oxygen atoms in total. The fourth-order valence-electron chi connectivity index (χ4n) is 2.13. The van der Waals surface area contributed by atoms with Gasteiger partial charge in [-0.05, 0) is 23.8 Å². The summed E-state index contributed by atoms with van der Waals surface area (Å²) in [6.45, 7) is 0. The Kier molecular flexibility index (Phi) is 3.74. The van der Waals surface area contributed by atoms with Crippen molar-refractivity contribution in [3.63, 3.8) is 0 Å². The van der Waals surface area contributed by atoms with Crippen LogP contribution in [-0.4, -0.2) is 9.97 Å². The third kappa shape index (κ3) is 2.89. The molecule has 0 aliphatic heterocycles. The number of nitrogens with two attached hydrogens (primary N) is 1. The van der Waals surface area contributed by atoms with Gasteiger partial charge < -0.3 is 10.7 Å². The van der Waals surface area contributed by atoms with Crippen LogP contribution >= 0.6 is 11.8 Å². The normalized spacial score (nSPS) is 12.0. The van der Waals surface area contributed by atoms with Gasteiger partial charge in [0, 0.05) is 11.4 Å². The lowest BCUT2D eigenvalue weighted by molar-refractivity contribution is -0.136. The maximum Gasteiger partial charge on any atom is 0.418 e. The van der Waals surface area contributed by atoms with E-state index in [4.69, 9.17) is 5.73 Å². The summed E-state index contributed by atoms with van der Waals surface area (Å²) in [4.78, 5) is 7.49. The van der Waals surface area contributed by atoms with Crippen LogP contribution in [0, 0.1) is 0 Å². The summed E-state index contributed by atoms with van der Waals surface area (Å²) in [5.41, 5.74) is 6.78. The summed E-state index contributed by atoms with van der Waals surface area (Å²) >= 11 is 1.32. The van der Waals surface area contributed by atoms with Crippen LogP contribution in [0.3, 0.4) is 0 Å². The highest BCUT2D eigenvalue weighted by Gasteiger charge is 2.33. The number of anilines is 1. The number of nitrogen functional groups attached to an aromatic ring is 1. The minimum atomic E-state index is -4.44. The van der Waals surface area contributed by atoms with Gasteiger partial charge in [0.2, 0.25) is 0 Å². The van der Waals surface area contributed by atoms with Crippen LogP contribution in [-0.2, 0) is 11.9 Å². The number of halogens is 3. The van der Waals surface area contributed by atoms with Crippen LogP contribution in [0.15, 0.2) is 47.6 Å². The first-order valence-electron chi connectivity index (χ1n) is 6.47. The lowest BCUT2D eigenvalue weighted by atomic mass is 10.1. The van der Waals surface area contributed by atoms with Crippen molar-refractivity contribution in [2.45, 2.75) is 17.1 Å². The lowest BCUT2D eigenvalue weighted by Crippen LogP contribution is -2.10. The maximum absolute atomic E-state index is 12.8. The second kappa shape index (κ2) is 5.57. The average Bonchev–Trinajstić information content (AvgIpc) is 2.87. The topological polar surface area (TPSA) is 54.7 Å². The van der Waals surface area contributed by atoms with Crippen LogP contribution in [0.2, 0.25) is 0 Å². The Hall–Kier alpha value is -2.15. The number of imidazole rings is 1. The van der Waals surface area contributed by atoms with E-state index in [0.717, 1.165) is 17.1 Å². The molecule has 0 amide bonds. The van der Waals surface area contributed by atoms with E-state index < -0.39 is 11.7 Å². The van der Waals surface area contributed by atoms with Crippen LogP contribution in [0.1, 0.15) is 11.1 Å². The number of nitrogens with one attached hydrogen (secondary N) is 1. The molecule has 0 fully saturated rings. The second-order valence-corrected chi connectivity index (χ2v) is 5.69. The third-order valence-electron chi connectivity index (χ3n) is 3.23. The van der Waals surface area contributed by atoms with Crippen LogP contribution in [0.5, 0.6) is 0 Å².